The highest BCUT2D eigenvalue weighted by Gasteiger charge is 2.07. The van der Waals surface area contributed by atoms with Gasteiger partial charge in [0.25, 0.3) is 0 Å². The van der Waals surface area contributed by atoms with Crippen LogP contribution in [0, 0.1) is 13.8 Å². The smallest absolute Gasteiger partial charge is 0.177 e. The van der Waals surface area contributed by atoms with E-state index in [1.54, 1.807) is 22.9 Å². The van der Waals surface area contributed by atoms with Crippen molar-refractivity contribution in [3.8, 4) is 0 Å². The van der Waals surface area contributed by atoms with E-state index in [0.29, 0.717) is 11.6 Å². The molecule has 21 heavy (non-hydrogen) atoms. The zero-order valence-electron chi connectivity index (χ0n) is 11.2. The molecule has 0 aliphatic rings. The maximum absolute atomic E-state index is 5.82. The number of aromatic nitrogens is 6. The van der Waals surface area contributed by atoms with Crippen molar-refractivity contribution in [2.24, 2.45) is 0 Å². The van der Waals surface area contributed by atoms with Gasteiger partial charge in [-0.1, -0.05) is 23.2 Å². The molecule has 8 heteroatoms. The van der Waals surface area contributed by atoms with Gasteiger partial charge in [-0.3, -0.25) is 4.98 Å². The van der Waals surface area contributed by atoms with Crippen LogP contribution >= 0.6 is 23.2 Å². The maximum atomic E-state index is 5.82. The van der Waals surface area contributed by atoms with Gasteiger partial charge in [0.05, 0.1) is 11.4 Å². The van der Waals surface area contributed by atoms with Crippen molar-refractivity contribution >= 4 is 41.0 Å². The van der Waals surface area contributed by atoms with Crippen molar-refractivity contribution in [2.45, 2.75) is 13.8 Å². The zero-order valence-corrected chi connectivity index (χ0v) is 12.8. The Morgan fingerprint density at radius 2 is 1.67 bits per heavy atom. The van der Waals surface area contributed by atoms with Crippen LogP contribution in [-0.2, 0) is 0 Å². The SMILES string of the molecule is Cc1ncc(C)n2nc(/C=C/c3nc(Cl)cc(Cl)n3)nc12. The van der Waals surface area contributed by atoms with Crippen molar-refractivity contribution in [1.29, 1.82) is 0 Å². The van der Waals surface area contributed by atoms with E-state index < -0.39 is 0 Å². The number of halogens is 2. The van der Waals surface area contributed by atoms with Gasteiger partial charge in [-0.25, -0.2) is 19.5 Å². The average Bonchev–Trinajstić information content (AvgIpc) is 2.85. The molecule has 0 aliphatic heterocycles. The molecule has 0 unspecified atom stereocenters. The largest absolute Gasteiger partial charge is 0.256 e. The molecular formula is C13H10Cl2N6. The molecule has 3 rings (SSSR count). The molecule has 0 spiro atoms. The van der Waals surface area contributed by atoms with Crippen LogP contribution in [0.4, 0.5) is 0 Å². The second-order valence-corrected chi connectivity index (χ2v) is 5.17. The van der Waals surface area contributed by atoms with E-state index in [1.165, 1.54) is 6.07 Å². The van der Waals surface area contributed by atoms with E-state index in [-0.39, 0.29) is 10.3 Å². The fourth-order valence-corrected chi connectivity index (χ4v) is 2.25. The number of aryl methyl sites for hydroxylation is 2. The summed E-state index contributed by atoms with van der Waals surface area (Å²) in [5.41, 5.74) is 2.44. The normalized spacial score (nSPS) is 11.6. The molecule has 0 aliphatic carbocycles. The van der Waals surface area contributed by atoms with Gasteiger partial charge in [-0.15, -0.1) is 5.10 Å². The van der Waals surface area contributed by atoms with E-state index >= 15 is 0 Å². The Hall–Kier alpha value is -2.05. The summed E-state index contributed by atoms with van der Waals surface area (Å²) in [6.07, 6.45) is 5.11. The summed E-state index contributed by atoms with van der Waals surface area (Å²) in [7, 11) is 0. The van der Waals surface area contributed by atoms with E-state index in [9.17, 15) is 0 Å². The first-order valence-electron chi connectivity index (χ1n) is 6.10. The van der Waals surface area contributed by atoms with Gasteiger partial charge >= 0.3 is 0 Å². The van der Waals surface area contributed by atoms with Gasteiger partial charge in [0.2, 0.25) is 0 Å². The van der Waals surface area contributed by atoms with Crippen molar-refractivity contribution in [1.82, 2.24) is 29.5 Å². The number of fused-ring (bicyclic) bond motifs is 1. The summed E-state index contributed by atoms with van der Waals surface area (Å²) in [6.45, 7) is 3.80. The predicted octanol–water partition coefficient (Wildman–Crippen LogP) is 3.01. The van der Waals surface area contributed by atoms with Crippen LogP contribution in [0.3, 0.4) is 0 Å². The van der Waals surface area contributed by atoms with Crippen LogP contribution in [0.2, 0.25) is 10.3 Å². The first-order valence-corrected chi connectivity index (χ1v) is 6.85. The topological polar surface area (TPSA) is 68.9 Å². The average molecular weight is 321 g/mol. The third-order valence-electron chi connectivity index (χ3n) is 2.79. The van der Waals surface area contributed by atoms with Crippen molar-refractivity contribution in [2.75, 3.05) is 0 Å². The lowest BCUT2D eigenvalue weighted by Gasteiger charge is -1.97. The fourth-order valence-electron chi connectivity index (χ4n) is 1.81. The summed E-state index contributed by atoms with van der Waals surface area (Å²) in [4.78, 5) is 16.8. The molecule has 6 nitrogen and oxygen atoms in total. The second kappa shape index (κ2) is 5.38. The van der Waals surface area contributed by atoms with Crippen LogP contribution in [0.1, 0.15) is 23.0 Å². The maximum Gasteiger partial charge on any atom is 0.177 e. The second-order valence-electron chi connectivity index (χ2n) is 4.40. The first-order chi connectivity index (χ1) is 10.0. The molecular weight excluding hydrogens is 311 g/mol. The zero-order chi connectivity index (χ0) is 15.0. The highest BCUT2D eigenvalue weighted by atomic mass is 35.5. The van der Waals surface area contributed by atoms with Crippen LogP contribution in [0.15, 0.2) is 12.3 Å². The molecule has 0 aromatic carbocycles. The predicted molar refractivity (Wildman–Crippen MR) is 81.2 cm³/mol. The Kier molecular flexibility index (Phi) is 3.57. The molecule has 0 N–H and O–H groups in total. The summed E-state index contributed by atoms with van der Waals surface area (Å²) < 4.78 is 1.74. The van der Waals surface area contributed by atoms with Gasteiger partial charge in [-0.05, 0) is 26.0 Å². The number of hydrogen-bond acceptors (Lipinski definition) is 5. The summed E-state index contributed by atoms with van der Waals surface area (Å²) in [5, 5.41) is 4.96. The van der Waals surface area contributed by atoms with Crippen molar-refractivity contribution < 1.29 is 0 Å². The summed E-state index contributed by atoms with van der Waals surface area (Å²) >= 11 is 11.6. The molecule has 0 radical (unpaired) electrons. The molecule has 0 amide bonds. The molecule has 0 fully saturated rings. The first kappa shape index (κ1) is 13.9. The van der Waals surface area contributed by atoms with Crippen LogP contribution in [-0.4, -0.2) is 29.5 Å². The van der Waals surface area contributed by atoms with Gasteiger partial charge in [0.1, 0.15) is 10.3 Å². The fraction of sp³-hybridized carbons (Fsp3) is 0.154. The minimum absolute atomic E-state index is 0.286. The van der Waals surface area contributed by atoms with Crippen LogP contribution < -0.4 is 0 Å². The molecule has 0 bridgehead atoms. The lowest BCUT2D eigenvalue weighted by atomic mass is 10.4. The van der Waals surface area contributed by atoms with E-state index in [4.69, 9.17) is 23.2 Å². The lowest BCUT2D eigenvalue weighted by Crippen LogP contribution is -1.97. The van der Waals surface area contributed by atoms with Gasteiger partial charge in [0, 0.05) is 12.3 Å². The molecule has 3 aromatic rings. The Balaban J connectivity index is 2.00. The molecule has 106 valence electrons. The number of nitrogens with zero attached hydrogens (tertiary/aromatic N) is 6. The molecule has 3 heterocycles. The standard InChI is InChI=1S/C13H10Cl2N6/c1-7-6-16-8(2)13-19-12(20-21(7)13)4-3-11-17-9(14)5-10(15)18-11/h3-6H,1-2H3/b4-3+. The monoisotopic (exact) mass is 320 g/mol. The minimum atomic E-state index is 0.286. The summed E-state index contributed by atoms with van der Waals surface area (Å²) in [5.74, 6) is 0.937. The highest BCUT2D eigenvalue weighted by molar-refractivity contribution is 6.33. The Morgan fingerprint density at radius 3 is 2.33 bits per heavy atom. The third kappa shape index (κ3) is 2.86. The molecule has 0 atom stereocenters. The van der Waals surface area contributed by atoms with Crippen LogP contribution in [0.5, 0.6) is 0 Å². The molecule has 0 saturated heterocycles. The number of hydrogen-bond donors (Lipinski definition) is 0. The van der Waals surface area contributed by atoms with Crippen molar-refractivity contribution in [3.63, 3.8) is 0 Å². The Bertz CT molecular complexity index is 796. The highest BCUT2D eigenvalue weighted by Crippen LogP contribution is 2.14. The lowest BCUT2D eigenvalue weighted by molar-refractivity contribution is 0.884. The van der Waals surface area contributed by atoms with Crippen LogP contribution in [0.25, 0.3) is 17.8 Å². The summed E-state index contributed by atoms with van der Waals surface area (Å²) in [6, 6.07) is 1.47. The molecule has 0 saturated carbocycles. The van der Waals surface area contributed by atoms with E-state index in [0.717, 1.165) is 17.0 Å². The Morgan fingerprint density at radius 1 is 1.00 bits per heavy atom. The minimum Gasteiger partial charge on any atom is -0.256 e. The van der Waals surface area contributed by atoms with Crippen molar-refractivity contribution in [3.05, 3.63) is 45.6 Å². The van der Waals surface area contributed by atoms with Gasteiger partial charge in [-0.2, -0.15) is 0 Å². The quantitative estimate of drug-likeness (QED) is 0.679. The Labute approximate surface area is 130 Å². The van der Waals surface area contributed by atoms with E-state index in [1.807, 2.05) is 13.8 Å². The van der Waals surface area contributed by atoms with E-state index in [2.05, 4.69) is 25.0 Å². The third-order valence-corrected chi connectivity index (χ3v) is 3.18. The molecule has 3 aromatic heterocycles. The van der Waals surface area contributed by atoms with Gasteiger partial charge in [0.15, 0.2) is 17.3 Å². The van der Waals surface area contributed by atoms with Gasteiger partial charge < -0.3 is 0 Å². The number of rotatable bonds is 2.